The van der Waals surface area contributed by atoms with Crippen LogP contribution in [0.5, 0.6) is 5.75 Å². The lowest BCUT2D eigenvalue weighted by Gasteiger charge is -2.19. The van der Waals surface area contributed by atoms with Crippen molar-refractivity contribution in [1.29, 1.82) is 0 Å². The minimum absolute atomic E-state index is 0.226. The Morgan fingerprint density at radius 3 is 3.23 bits per heavy atom. The Balaban J connectivity index is 2.34. The first kappa shape index (κ1) is 8.85. The molecule has 0 saturated heterocycles. The summed E-state index contributed by atoms with van der Waals surface area (Å²) in [4.78, 5) is 0. The maximum Gasteiger partial charge on any atom is 0.162 e. The summed E-state index contributed by atoms with van der Waals surface area (Å²) in [5.41, 5.74) is 2.63. The normalized spacial score (nSPS) is 15.2. The number of ether oxygens (including phenoxy) is 1. The van der Waals surface area contributed by atoms with Gasteiger partial charge in [-0.15, -0.1) is 0 Å². The molecule has 0 amide bonds. The molecule has 13 heavy (non-hydrogen) atoms. The molecule has 0 fully saturated rings. The summed E-state index contributed by atoms with van der Waals surface area (Å²) < 4.78 is 5.34. The summed E-state index contributed by atoms with van der Waals surface area (Å²) in [6.45, 7) is 1.96. The lowest BCUT2D eigenvalue weighted by molar-refractivity contribution is 0.380. The van der Waals surface area contributed by atoms with Crippen LogP contribution < -0.4 is 10.1 Å². The average Bonchev–Trinajstić information content (AvgIpc) is 2.19. The molecule has 0 bridgehead atoms. The van der Waals surface area contributed by atoms with Crippen molar-refractivity contribution in [2.45, 2.75) is 13.0 Å². The number of halogens is 1. The van der Waals surface area contributed by atoms with E-state index in [0.29, 0.717) is 0 Å². The maximum atomic E-state index is 5.54. The Morgan fingerprint density at radius 1 is 1.46 bits per heavy atom. The van der Waals surface area contributed by atoms with Crippen LogP contribution in [0.25, 0.3) is 0 Å². The monoisotopic (exact) mass is 197 g/mol. The van der Waals surface area contributed by atoms with Gasteiger partial charge in [-0.05, 0) is 30.2 Å². The average molecular weight is 198 g/mol. The van der Waals surface area contributed by atoms with Crippen LogP contribution in [-0.2, 0) is 13.0 Å². The third kappa shape index (κ3) is 1.79. The number of hydrogen-bond acceptors (Lipinski definition) is 2. The van der Waals surface area contributed by atoms with Gasteiger partial charge in [0.25, 0.3) is 0 Å². The number of alkyl halides is 1. The van der Waals surface area contributed by atoms with Crippen LogP contribution >= 0.6 is 11.6 Å². The minimum atomic E-state index is 0.226. The van der Waals surface area contributed by atoms with E-state index < -0.39 is 0 Å². The van der Waals surface area contributed by atoms with Crippen molar-refractivity contribution in [3.8, 4) is 5.75 Å². The molecule has 1 aliphatic heterocycles. The van der Waals surface area contributed by atoms with E-state index in [4.69, 9.17) is 16.3 Å². The number of hydrogen-bond donors (Lipinski definition) is 1. The van der Waals surface area contributed by atoms with Gasteiger partial charge in [-0.2, -0.15) is 0 Å². The van der Waals surface area contributed by atoms with Gasteiger partial charge in [-0.3, -0.25) is 0 Å². The third-order valence-corrected chi connectivity index (χ3v) is 2.42. The van der Waals surface area contributed by atoms with Crippen molar-refractivity contribution in [2.75, 3.05) is 12.6 Å². The Hall–Kier alpha value is -0.730. The number of fused-ring (bicyclic) bond motifs is 1. The van der Waals surface area contributed by atoms with E-state index >= 15 is 0 Å². The van der Waals surface area contributed by atoms with Crippen molar-refractivity contribution in [3.63, 3.8) is 0 Å². The highest BCUT2D eigenvalue weighted by atomic mass is 35.5. The van der Waals surface area contributed by atoms with Crippen molar-refractivity contribution >= 4 is 11.6 Å². The summed E-state index contributed by atoms with van der Waals surface area (Å²) in [6, 6.07) is 6.34. The fraction of sp³-hybridized carbons (Fsp3) is 0.400. The van der Waals surface area contributed by atoms with E-state index in [0.717, 1.165) is 25.3 Å². The highest BCUT2D eigenvalue weighted by molar-refractivity contribution is 6.17. The molecule has 3 heteroatoms. The predicted molar refractivity (Wildman–Crippen MR) is 53.2 cm³/mol. The highest BCUT2D eigenvalue weighted by Crippen LogP contribution is 2.25. The second-order valence-electron chi connectivity index (χ2n) is 3.07. The molecular weight excluding hydrogens is 186 g/mol. The second kappa shape index (κ2) is 3.99. The predicted octanol–water partition coefficient (Wildman–Crippen LogP) is 1.91. The number of benzene rings is 1. The van der Waals surface area contributed by atoms with Gasteiger partial charge in [-0.1, -0.05) is 23.7 Å². The molecule has 1 aromatic carbocycles. The molecule has 0 saturated carbocycles. The zero-order chi connectivity index (χ0) is 9.10. The van der Waals surface area contributed by atoms with Gasteiger partial charge in [0.1, 0.15) is 5.75 Å². The summed E-state index contributed by atoms with van der Waals surface area (Å²) in [6.07, 6.45) is 1.03. The van der Waals surface area contributed by atoms with Crippen LogP contribution in [0.1, 0.15) is 11.1 Å². The fourth-order valence-electron chi connectivity index (χ4n) is 1.69. The van der Waals surface area contributed by atoms with Crippen molar-refractivity contribution in [3.05, 3.63) is 29.3 Å². The molecule has 0 aliphatic carbocycles. The largest absolute Gasteiger partial charge is 0.478 e. The molecule has 1 aliphatic rings. The van der Waals surface area contributed by atoms with Gasteiger partial charge in [-0.25, -0.2) is 0 Å². The molecule has 1 heterocycles. The lowest BCUT2D eigenvalue weighted by Crippen LogP contribution is -2.23. The lowest BCUT2D eigenvalue weighted by atomic mass is 10.0. The van der Waals surface area contributed by atoms with E-state index in [1.807, 2.05) is 12.1 Å². The Kier molecular flexibility index (Phi) is 2.71. The van der Waals surface area contributed by atoms with Crippen molar-refractivity contribution < 1.29 is 4.74 Å². The smallest absolute Gasteiger partial charge is 0.162 e. The molecule has 0 unspecified atom stereocenters. The van der Waals surface area contributed by atoms with Crippen molar-refractivity contribution in [1.82, 2.24) is 5.32 Å². The van der Waals surface area contributed by atoms with Gasteiger partial charge < -0.3 is 10.1 Å². The summed E-state index contributed by atoms with van der Waals surface area (Å²) in [7, 11) is 0. The molecule has 0 aromatic heterocycles. The fourth-order valence-corrected chi connectivity index (χ4v) is 1.81. The van der Waals surface area contributed by atoms with Gasteiger partial charge in [0.05, 0.1) is 0 Å². The molecular formula is C10H12ClNO. The minimum Gasteiger partial charge on any atom is -0.478 e. The van der Waals surface area contributed by atoms with Gasteiger partial charge in [0.2, 0.25) is 0 Å². The van der Waals surface area contributed by atoms with Gasteiger partial charge in [0, 0.05) is 6.54 Å². The molecule has 1 N–H and O–H groups in total. The van der Waals surface area contributed by atoms with Crippen LogP contribution in [-0.4, -0.2) is 12.6 Å². The topological polar surface area (TPSA) is 21.3 Å². The Morgan fingerprint density at radius 2 is 2.38 bits per heavy atom. The standard InChI is InChI=1S/C10H12ClNO/c11-7-13-10-3-1-2-8-6-12-5-4-9(8)10/h1-3,12H,4-7H2. The number of rotatable bonds is 2. The Labute approximate surface area is 82.9 Å². The van der Waals surface area contributed by atoms with E-state index in [9.17, 15) is 0 Å². The number of nitrogens with one attached hydrogen (secondary N) is 1. The van der Waals surface area contributed by atoms with Gasteiger partial charge >= 0.3 is 0 Å². The molecule has 2 rings (SSSR count). The zero-order valence-corrected chi connectivity index (χ0v) is 8.10. The summed E-state index contributed by atoms with van der Waals surface area (Å²) in [5, 5.41) is 3.32. The van der Waals surface area contributed by atoms with Crippen LogP contribution in [0, 0.1) is 0 Å². The SMILES string of the molecule is ClCOc1cccc2c1CCNC2. The second-order valence-corrected chi connectivity index (χ2v) is 3.29. The highest BCUT2D eigenvalue weighted by Gasteiger charge is 2.12. The molecule has 0 radical (unpaired) electrons. The summed E-state index contributed by atoms with van der Waals surface area (Å²) in [5.74, 6) is 0.939. The van der Waals surface area contributed by atoms with E-state index in [2.05, 4.69) is 11.4 Å². The maximum absolute atomic E-state index is 5.54. The molecule has 0 spiro atoms. The molecule has 70 valence electrons. The Bertz CT molecular complexity index is 301. The first-order chi connectivity index (χ1) is 6.42. The molecule has 1 aromatic rings. The summed E-state index contributed by atoms with van der Waals surface area (Å²) >= 11 is 5.54. The van der Waals surface area contributed by atoms with Gasteiger partial charge in [0.15, 0.2) is 6.07 Å². The molecule has 0 atom stereocenters. The quantitative estimate of drug-likeness (QED) is 0.732. The third-order valence-electron chi connectivity index (χ3n) is 2.31. The van der Waals surface area contributed by atoms with Crippen LogP contribution in [0.15, 0.2) is 18.2 Å². The van der Waals surface area contributed by atoms with Crippen LogP contribution in [0.2, 0.25) is 0 Å². The first-order valence-corrected chi connectivity index (χ1v) is 4.95. The van der Waals surface area contributed by atoms with Crippen LogP contribution in [0.3, 0.4) is 0 Å². The first-order valence-electron chi connectivity index (χ1n) is 4.42. The van der Waals surface area contributed by atoms with E-state index in [1.54, 1.807) is 0 Å². The van der Waals surface area contributed by atoms with Crippen LogP contribution in [0.4, 0.5) is 0 Å². The molecule has 2 nitrogen and oxygen atoms in total. The van der Waals surface area contributed by atoms with E-state index in [1.165, 1.54) is 11.1 Å². The van der Waals surface area contributed by atoms with Crippen molar-refractivity contribution in [2.24, 2.45) is 0 Å². The zero-order valence-electron chi connectivity index (χ0n) is 7.35. The van der Waals surface area contributed by atoms with E-state index in [-0.39, 0.29) is 6.07 Å².